The number of ether oxygens (including phenoxy) is 3. The van der Waals surface area contributed by atoms with Gasteiger partial charge in [0.05, 0.1) is 13.2 Å². The third kappa shape index (κ3) is 9.80. The maximum Gasteiger partial charge on any atom is 0.191 e. The molecule has 0 heterocycles. The normalized spacial score (nSPS) is 11.6. The lowest BCUT2D eigenvalue weighted by molar-refractivity contribution is 0.180. The first-order chi connectivity index (χ1) is 13.6. The van der Waals surface area contributed by atoms with E-state index in [4.69, 9.17) is 14.2 Å². The average Bonchev–Trinajstić information content (AvgIpc) is 2.69. The van der Waals surface area contributed by atoms with Crippen LogP contribution < -0.4 is 20.1 Å². The Hall–Kier alpha value is -1.99. The number of nitrogens with zero attached hydrogens (tertiary/aromatic N) is 2. The summed E-state index contributed by atoms with van der Waals surface area (Å²) in [6, 6.07) is 6.12. The van der Waals surface area contributed by atoms with E-state index < -0.39 is 0 Å². The van der Waals surface area contributed by atoms with E-state index in [0.29, 0.717) is 13.2 Å². The standard InChI is InChI=1S/C21H38N4O3/c1-6-27-19-10-9-18(17-20(19)28-7-2)11-12-23-21(22-3)24-13-15-25(4)14-8-16-26-5/h9-10,17H,6-8,11-16H2,1-5H3,(H2,22,23,24). The number of aliphatic imine (C=N–C) groups is 1. The van der Waals surface area contributed by atoms with Gasteiger partial charge in [-0.15, -0.1) is 0 Å². The summed E-state index contributed by atoms with van der Waals surface area (Å²) in [5, 5.41) is 6.72. The van der Waals surface area contributed by atoms with Crippen LogP contribution in [0.5, 0.6) is 11.5 Å². The SMILES string of the molecule is CCOc1ccc(CCNC(=NC)NCCN(C)CCCOC)cc1OCC. The van der Waals surface area contributed by atoms with E-state index in [2.05, 4.69) is 39.7 Å². The van der Waals surface area contributed by atoms with Crippen LogP contribution in [0.15, 0.2) is 23.2 Å². The van der Waals surface area contributed by atoms with E-state index in [1.807, 2.05) is 19.9 Å². The number of methoxy groups -OCH3 is 1. The zero-order valence-electron chi connectivity index (χ0n) is 18.2. The topological polar surface area (TPSA) is 67.4 Å². The van der Waals surface area contributed by atoms with Crippen LogP contribution in [0, 0.1) is 0 Å². The highest BCUT2D eigenvalue weighted by atomic mass is 16.5. The van der Waals surface area contributed by atoms with Crippen LogP contribution in [0.2, 0.25) is 0 Å². The molecule has 0 bridgehead atoms. The second-order valence-electron chi connectivity index (χ2n) is 6.47. The van der Waals surface area contributed by atoms with E-state index >= 15 is 0 Å². The fourth-order valence-electron chi connectivity index (χ4n) is 2.75. The summed E-state index contributed by atoms with van der Waals surface area (Å²) in [6.45, 7) is 9.64. The molecule has 28 heavy (non-hydrogen) atoms. The van der Waals surface area contributed by atoms with Crippen molar-refractivity contribution in [3.8, 4) is 11.5 Å². The summed E-state index contributed by atoms with van der Waals surface area (Å²) in [7, 11) is 5.65. The maximum absolute atomic E-state index is 5.70. The molecule has 7 nitrogen and oxygen atoms in total. The molecule has 0 aromatic heterocycles. The number of rotatable bonds is 14. The van der Waals surface area contributed by atoms with Crippen molar-refractivity contribution in [1.82, 2.24) is 15.5 Å². The maximum atomic E-state index is 5.70. The zero-order valence-corrected chi connectivity index (χ0v) is 18.2. The first-order valence-corrected chi connectivity index (χ1v) is 10.1. The number of nitrogens with one attached hydrogen (secondary N) is 2. The molecule has 0 aliphatic carbocycles. The molecule has 2 N–H and O–H groups in total. The third-order valence-corrected chi connectivity index (χ3v) is 4.21. The van der Waals surface area contributed by atoms with Crippen LogP contribution in [0.1, 0.15) is 25.8 Å². The Labute approximate surface area is 170 Å². The van der Waals surface area contributed by atoms with Crippen LogP contribution in [-0.4, -0.2) is 78.1 Å². The second-order valence-corrected chi connectivity index (χ2v) is 6.47. The fourth-order valence-corrected chi connectivity index (χ4v) is 2.75. The van der Waals surface area contributed by atoms with E-state index in [-0.39, 0.29) is 0 Å². The lowest BCUT2D eigenvalue weighted by atomic mass is 10.1. The van der Waals surface area contributed by atoms with Crippen molar-refractivity contribution < 1.29 is 14.2 Å². The highest BCUT2D eigenvalue weighted by Gasteiger charge is 2.06. The van der Waals surface area contributed by atoms with Crippen molar-refractivity contribution in [3.63, 3.8) is 0 Å². The minimum Gasteiger partial charge on any atom is -0.490 e. The van der Waals surface area contributed by atoms with Gasteiger partial charge in [0.15, 0.2) is 17.5 Å². The number of likely N-dealkylation sites (N-methyl/N-ethyl adjacent to an activating group) is 1. The molecule has 1 rings (SSSR count). The molecule has 0 unspecified atom stereocenters. The van der Waals surface area contributed by atoms with Gasteiger partial charge in [-0.25, -0.2) is 0 Å². The van der Waals surface area contributed by atoms with Gasteiger partial charge in [-0.2, -0.15) is 0 Å². The molecule has 0 saturated heterocycles. The molecule has 0 fully saturated rings. The summed E-state index contributed by atoms with van der Waals surface area (Å²) in [5.41, 5.74) is 1.20. The van der Waals surface area contributed by atoms with Crippen molar-refractivity contribution >= 4 is 5.96 Å². The summed E-state index contributed by atoms with van der Waals surface area (Å²) in [5.74, 6) is 2.43. The Kier molecular flexibility index (Phi) is 12.9. The average molecular weight is 395 g/mol. The quantitative estimate of drug-likeness (QED) is 0.286. The number of benzene rings is 1. The van der Waals surface area contributed by atoms with Crippen molar-refractivity contribution in [2.45, 2.75) is 26.7 Å². The first kappa shape index (κ1) is 24.0. The Bertz CT molecular complexity index is 567. The number of hydrogen-bond acceptors (Lipinski definition) is 5. The van der Waals surface area contributed by atoms with Gasteiger partial charge >= 0.3 is 0 Å². The van der Waals surface area contributed by atoms with E-state index in [1.54, 1.807) is 14.2 Å². The largest absolute Gasteiger partial charge is 0.490 e. The predicted molar refractivity (Wildman–Crippen MR) is 116 cm³/mol. The van der Waals surface area contributed by atoms with Gasteiger partial charge < -0.3 is 29.7 Å². The van der Waals surface area contributed by atoms with Gasteiger partial charge in [-0.1, -0.05) is 6.07 Å². The third-order valence-electron chi connectivity index (χ3n) is 4.21. The first-order valence-electron chi connectivity index (χ1n) is 10.1. The van der Waals surface area contributed by atoms with Gasteiger partial charge in [0.25, 0.3) is 0 Å². The molecule has 0 spiro atoms. The molecule has 7 heteroatoms. The van der Waals surface area contributed by atoms with Crippen LogP contribution in [-0.2, 0) is 11.2 Å². The highest BCUT2D eigenvalue weighted by Crippen LogP contribution is 2.28. The Balaban J connectivity index is 2.37. The Morgan fingerprint density at radius 2 is 1.75 bits per heavy atom. The Morgan fingerprint density at radius 1 is 1.04 bits per heavy atom. The summed E-state index contributed by atoms with van der Waals surface area (Å²) in [6.07, 6.45) is 1.93. The summed E-state index contributed by atoms with van der Waals surface area (Å²) in [4.78, 5) is 6.57. The lowest BCUT2D eigenvalue weighted by Gasteiger charge is -2.18. The molecule has 0 aliphatic heterocycles. The molecule has 0 radical (unpaired) electrons. The zero-order chi connectivity index (χ0) is 20.6. The predicted octanol–water partition coefficient (Wildman–Crippen LogP) is 2.16. The molecule has 1 aromatic rings. The van der Waals surface area contributed by atoms with Crippen molar-refractivity contribution in [2.75, 3.05) is 67.2 Å². The van der Waals surface area contributed by atoms with Crippen molar-refractivity contribution in [1.29, 1.82) is 0 Å². The molecular weight excluding hydrogens is 356 g/mol. The minimum atomic E-state index is 0.623. The van der Waals surface area contributed by atoms with Gasteiger partial charge in [0.2, 0.25) is 0 Å². The molecule has 0 aliphatic rings. The van der Waals surface area contributed by atoms with Crippen molar-refractivity contribution in [2.24, 2.45) is 4.99 Å². The number of hydrogen-bond donors (Lipinski definition) is 2. The van der Waals surface area contributed by atoms with Crippen LogP contribution in [0.3, 0.4) is 0 Å². The highest BCUT2D eigenvalue weighted by molar-refractivity contribution is 5.79. The fraction of sp³-hybridized carbons (Fsp3) is 0.667. The molecule has 1 aromatic carbocycles. The second kappa shape index (κ2) is 15.0. The van der Waals surface area contributed by atoms with Gasteiger partial charge in [-0.05, 0) is 51.4 Å². The van der Waals surface area contributed by atoms with Gasteiger partial charge in [0.1, 0.15) is 0 Å². The van der Waals surface area contributed by atoms with E-state index in [1.165, 1.54) is 5.56 Å². The Morgan fingerprint density at radius 3 is 2.43 bits per heavy atom. The van der Waals surface area contributed by atoms with Crippen molar-refractivity contribution in [3.05, 3.63) is 23.8 Å². The molecular formula is C21H38N4O3. The van der Waals surface area contributed by atoms with Crippen LogP contribution in [0.25, 0.3) is 0 Å². The summed E-state index contributed by atoms with van der Waals surface area (Å²) >= 11 is 0. The van der Waals surface area contributed by atoms with Gasteiger partial charge in [0, 0.05) is 46.9 Å². The smallest absolute Gasteiger partial charge is 0.191 e. The molecule has 0 atom stereocenters. The molecule has 0 saturated carbocycles. The van der Waals surface area contributed by atoms with E-state index in [0.717, 1.165) is 63.1 Å². The number of guanidine groups is 1. The van der Waals surface area contributed by atoms with Crippen LogP contribution >= 0.6 is 0 Å². The molecule has 0 amide bonds. The van der Waals surface area contributed by atoms with Crippen LogP contribution in [0.4, 0.5) is 0 Å². The molecule has 160 valence electrons. The van der Waals surface area contributed by atoms with Gasteiger partial charge in [-0.3, -0.25) is 4.99 Å². The summed E-state index contributed by atoms with van der Waals surface area (Å²) < 4.78 is 16.4. The lowest BCUT2D eigenvalue weighted by Crippen LogP contribution is -2.41. The van der Waals surface area contributed by atoms with E-state index in [9.17, 15) is 0 Å². The monoisotopic (exact) mass is 394 g/mol. The minimum absolute atomic E-state index is 0.623.